The van der Waals surface area contributed by atoms with E-state index >= 15 is 0 Å². The van der Waals surface area contributed by atoms with Gasteiger partial charge in [0.15, 0.2) is 0 Å². The monoisotopic (exact) mass is 348 g/mol. The highest BCUT2D eigenvalue weighted by atomic mass is 16.2. The van der Waals surface area contributed by atoms with Gasteiger partial charge in [0.1, 0.15) is 5.69 Å². The number of amides is 2. The third kappa shape index (κ3) is 2.94. The van der Waals surface area contributed by atoms with Crippen molar-refractivity contribution in [2.45, 2.75) is 18.8 Å². The lowest BCUT2D eigenvalue weighted by Crippen LogP contribution is -2.40. The molecule has 6 nitrogen and oxygen atoms in total. The van der Waals surface area contributed by atoms with Crippen LogP contribution in [0.2, 0.25) is 0 Å². The standard InChI is InChI=1S/C20H20N4O2/c21-19(25)15-9-10-22-18(15)14-5-3-11-24(12-14)20(26)17-8-7-13-4-1-2-6-16(13)23-17/h1-2,4,6-10,14,22H,3,5,11-12H2,(H2,21,25). The van der Waals surface area contributed by atoms with Crippen molar-refractivity contribution in [1.82, 2.24) is 14.9 Å². The molecule has 26 heavy (non-hydrogen) atoms. The van der Waals surface area contributed by atoms with E-state index in [1.165, 1.54) is 0 Å². The number of piperidine rings is 1. The Labute approximate surface area is 151 Å². The molecule has 1 unspecified atom stereocenters. The molecule has 2 aromatic heterocycles. The number of pyridine rings is 1. The van der Waals surface area contributed by atoms with Crippen LogP contribution in [0.15, 0.2) is 48.7 Å². The van der Waals surface area contributed by atoms with Gasteiger partial charge in [-0.2, -0.15) is 0 Å². The third-order valence-electron chi connectivity index (χ3n) is 4.98. The van der Waals surface area contributed by atoms with E-state index in [0.717, 1.165) is 29.4 Å². The van der Waals surface area contributed by atoms with Crippen LogP contribution in [0.25, 0.3) is 10.9 Å². The van der Waals surface area contributed by atoms with Crippen LogP contribution in [0, 0.1) is 0 Å². The normalized spacial score (nSPS) is 17.4. The number of nitrogens with one attached hydrogen (secondary N) is 1. The summed E-state index contributed by atoms with van der Waals surface area (Å²) in [5.74, 6) is -0.445. The minimum atomic E-state index is -0.444. The van der Waals surface area contributed by atoms with Gasteiger partial charge in [-0.05, 0) is 31.0 Å². The van der Waals surface area contributed by atoms with Gasteiger partial charge in [-0.15, -0.1) is 0 Å². The van der Waals surface area contributed by atoms with E-state index in [9.17, 15) is 9.59 Å². The van der Waals surface area contributed by atoms with Crippen LogP contribution in [0.4, 0.5) is 0 Å². The molecule has 3 aromatic rings. The lowest BCUT2D eigenvalue weighted by molar-refractivity contribution is 0.0700. The van der Waals surface area contributed by atoms with Crippen molar-refractivity contribution in [2.75, 3.05) is 13.1 Å². The summed E-state index contributed by atoms with van der Waals surface area (Å²) < 4.78 is 0. The van der Waals surface area contributed by atoms with E-state index in [0.29, 0.717) is 24.3 Å². The first kappa shape index (κ1) is 16.3. The summed E-state index contributed by atoms with van der Waals surface area (Å²) in [4.78, 5) is 34.0. The Morgan fingerprint density at radius 3 is 2.85 bits per heavy atom. The fourth-order valence-corrected chi connectivity index (χ4v) is 3.68. The Morgan fingerprint density at radius 2 is 2.00 bits per heavy atom. The molecule has 1 aliphatic heterocycles. The van der Waals surface area contributed by atoms with Gasteiger partial charge in [-0.25, -0.2) is 4.98 Å². The molecule has 2 amide bonds. The number of likely N-dealkylation sites (tertiary alicyclic amines) is 1. The summed E-state index contributed by atoms with van der Waals surface area (Å²) in [7, 11) is 0. The van der Waals surface area contributed by atoms with Crippen molar-refractivity contribution in [1.29, 1.82) is 0 Å². The second-order valence-corrected chi connectivity index (χ2v) is 6.65. The number of fused-ring (bicyclic) bond motifs is 1. The van der Waals surface area contributed by atoms with Gasteiger partial charge < -0.3 is 15.6 Å². The van der Waals surface area contributed by atoms with Crippen LogP contribution in [0.5, 0.6) is 0 Å². The van der Waals surface area contributed by atoms with Crippen molar-refractivity contribution in [3.8, 4) is 0 Å². The van der Waals surface area contributed by atoms with E-state index < -0.39 is 5.91 Å². The maximum absolute atomic E-state index is 12.9. The Balaban J connectivity index is 1.57. The second kappa shape index (κ2) is 6.63. The fourth-order valence-electron chi connectivity index (χ4n) is 3.68. The highest BCUT2D eigenvalue weighted by Crippen LogP contribution is 2.29. The number of rotatable bonds is 3. The maximum Gasteiger partial charge on any atom is 0.272 e. The van der Waals surface area contributed by atoms with Crippen LogP contribution in [-0.4, -0.2) is 39.8 Å². The highest BCUT2D eigenvalue weighted by Gasteiger charge is 2.29. The van der Waals surface area contributed by atoms with Gasteiger partial charge in [0.25, 0.3) is 11.8 Å². The molecule has 3 N–H and O–H groups in total. The first-order valence-corrected chi connectivity index (χ1v) is 8.75. The van der Waals surface area contributed by atoms with Crippen LogP contribution in [-0.2, 0) is 0 Å². The minimum Gasteiger partial charge on any atom is -0.366 e. The molecule has 1 fully saturated rings. The number of hydrogen-bond donors (Lipinski definition) is 2. The molecule has 0 radical (unpaired) electrons. The zero-order valence-electron chi connectivity index (χ0n) is 14.3. The molecule has 1 saturated heterocycles. The quantitative estimate of drug-likeness (QED) is 0.762. The third-order valence-corrected chi connectivity index (χ3v) is 4.98. The molecule has 1 atom stereocenters. The number of hydrogen-bond acceptors (Lipinski definition) is 3. The SMILES string of the molecule is NC(=O)c1cc[nH]c1C1CCCN(C(=O)c2ccc3ccccc3n2)C1. The summed E-state index contributed by atoms with van der Waals surface area (Å²) in [5.41, 5.74) is 8.05. The van der Waals surface area contributed by atoms with Crippen LogP contribution < -0.4 is 5.73 Å². The smallest absolute Gasteiger partial charge is 0.272 e. The van der Waals surface area contributed by atoms with Gasteiger partial charge in [-0.1, -0.05) is 24.3 Å². The molecule has 0 spiro atoms. The average molecular weight is 348 g/mol. The topological polar surface area (TPSA) is 92.1 Å². The number of aromatic nitrogens is 2. The summed E-state index contributed by atoms with van der Waals surface area (Å²) in [6.07, 6.45) is 3.51. The lowest BCUT2D eigenvalue weighted by atomic mass is 9.92. The Kier molecular flexibility index (Phi) is 4.16. The van der Waals surface area contributed by atoms with Crippen molar-refractivity contribution >= 4 is 22.7 Å². The Morgan fingerprint density at radius 1 is 1.15 bits per heavy atom. The first-order chi connectivity index (χ1) is 12.6. The predicted octanol–water partition coefficient (Wildman–Crippen LogP) is 2.68. The number of primary amides is 1. The van der Waals surface area contributed by atoms with Crippen LogP contribution >= 0.6 is 0 Å². The molecule has 132 valence electrons. The van der Waals surface area contributed by atoms with E-state index in [4.69, 9.17) is 5.73 Å². The zero-order valence-corrected chi connectivity index (χ0v) is 14.3. The van der Waals surface area contributed by atoms with E-state index in [2.05, 4.69) is 9.97 Å². The molecule has 1 aromatic carbocycles. The Hall–Kier alpha value is -3.15. The first-order valence-electron chi connectivity index (χ1n) is 8.75. The average Bonchev–Trinajstić information content (AvgIpc) is 3.17. The van der Waals surface area contributed by atoms with Crippen molar-refractivity contribution in [3.63, 3.8) is 0 Å². The maximum atomic E-state index is 12.9. The second-order valence-electron chi connectivity index (χ2n) is 6.65. The zero-order chi connectivity index (χ0) is 18.1. The van der Waals surface area contributed by atoms with Gasteiger partial charge in [0.05, 0.1) is 11.1 Å². The van der Waals surface area contributed by atoms with E-state index in [-0.39, 0.29) is 11.8 Å². The highest BCUT2D eigenvalue weighted by molar-refractivity contribution is 5.95. The van der Waals surface area contributed by atoms with Gasteiger partial charge in [0.2, 0.25) is 0 Å². The minimum absolute atomic E-state index is 0.0747. The molecule has 3 heterocycles. The van der Waals surface area contributed by atoms with Crippen LogP contribution in [0.3, 0.4) is 0 Å². The van der Waals surface area contributed by atoms with Crippen molar-refractivity contribution < 1.29 is 9.59 Å². The van der Waals surface area contributed by atoms with Gasteiger partial charge in [-0.3, -0.25) is 9.59 Å². The number of benzene rings is 1. The lowest BCUT2D eigenvalue weighted by Gasteiger charge is -2.32. The van der Waals surface area contributed by atoms with Crippen molar-refractivity contribution in [2.24, 2.45) is 5.73 Å². The number of carbonyl (C=O) groups excluding carboxylic acids is 2. The van der Waals surface area contributed by atoms with E-state index in [1.807, 2.05) is 35.2 Å². The van der Waals surface area contributed by atoms with E-state index in [1.54, 1.807) is 18.3 Å². The Bertz CT molecular complexity index is 979. The van der Waals surface area contributed by atoms with Crippen LogP contribution in [0.1, 0.15) is 45.3 Å². The molecule has 4 rings (SSSR count). The molecular formula is C20H20N4O2. The number of para-hydroxylation sites is 1. The molecule has 6 heteroatoms. The molecular weight excluding hydrogens is 328 g/mol. The summed E-state index contributed by atoms with van der Waals surface area (Å²) in [6.45, 7) is 1.24. The molecule has 0 aliphatic carbocycles. The summed E-state index contributed by atoms with van der Waals surface area (Å²) in [5, 5.41) is 1.01. The number of aromatic amines is 1. The van der Waals surface area contributed by atoms with Crippen molar-refractivity contribution in [3.05, 3.63) is 65.6 Å². The molecule has 0 saturated carbocycles. The number of carbonyl (C=O) groups is 2. The predicted molar refractivity (Wildman–Crippen MR) is 98.9 cm³/mol. The number of H-pyrrole nitrogens is 1. The largest absolute Gasteiger partial charge is 0.366 e. The molecule has 0 bridgehead atoms. The van der Waals surface area contributed by atoms with Gasteiger partial charge >= 0.3 is 0 Å². The summed E-state index contributed by atoms with van der Waals surface area (Å²) >= 11 is 0. The van der Waals surface area contributed by atoms with Gasteiger partial charge in [0, 0.05) is 36.3 Å². The number of nitrogens with two attached hydrogens (primary N) is 1. The fraction of sp³-hybridized carbons (Fsp3) is 0.250. The summed E-state index contributed by atoms with van der Waals surface area (Å²) in [6, 6.07) is 13.1. The number of nitrogens with zero attached hydrogens (tertiary/aromatic N) is 2. The molecule has 1 aliphatic rings.